The lowest BCUT2D eigenvalue weighted by atomic mass is 10.2. The molecule has 0 saturated carbocycles. The van der Waals surface area contributed by atoms with Gasteiger partial charge in [0.1, 0.15) is 11.4 Å². The molecule has 2 aromatic rings. The predicted octanol–water partition coefficient (Wildman–Crippen LogP) is 3.46. The molecule has 0 radical (unpaired) electrons. The van der Waals surface area contributed by atoms with Crippen molar-refractivity contribution in [1.29, 1.82) is 5.26 Å². The first kappa shape index (κ1) is 10.5. The van der Waals surface area contributed by atoms with E-state index in [0.29, 0.717) is 5.37 Å². The lowest BCUT2D eigenvalue weighted by Crippen LogP contribution is -2.04. The number of rotatable bonds is 1. The summed E-state index contributed by atoms with van der Waals surface area (Å²) in [5.74, 6) is 0.927. The van der Waals surface area contributed by atoms with E-state index in [0.717, 1.165) is 11.3 Å². The molecule has 3 rings (SSSR count). The van der Waals surface area contributed by atoms with Gasteiger partial charge in [-0.3, -0.25) is 0 Å². The van der Waals surface area contributed by atoms with Gasteiger partial charge in [0, 0.05) is 17.1 Å². The Morgan fingerprint density at radius 2 is 2.12 bits per heavy atom. The van der Waals surface area contributed by atoms with E-state index in [2.05, 4.69) is 41.8 Å². The van der Waals surface area contributed by atoms with Crippen LogP contribution in [0.4, 0.5) is 0 Å². The van der Waals surface area contributed by atoms with Crippen LogP contribution in [0.1, 0.15) is 27.9 Å². The SMILES string of the molecule is Cc1cc(C#N)c2n1[C@@H](c1ccccc1)SC2. The van der Waals surface area contributed by atoms with Crippen LogP contribution < -0.4 is 0 Å². The molecule has 0 aliphatic carbocycles. The zero-order valence-electron chi connectivity index (χ0n) is 9.55. The molecule has 1 aromatic heterocycles. The number of benzene rings is 1. The summed E-state index contributed by atoms with van der Waals surface area (Å²) in [5.41, 5.74) is 4.48. The molecule has 2 nitrogen and oxygen atoms in total. The van der Waals surface area contributed by atoms with Crippen molar-refractivity contribution in [3.63, 3.8) is 0 Å². The van der Waals surface area contributed by atoms with Gasteiger partial charge in [0.25, 0.3) is 0 Å². The van der Waals surface area contributed by atoms with Crippen LogP contribution in [-0.4, -0.2) is 4.57 Å². The van der Waals surface area contributed by atoms with Crippen molar-refractivity contribution in [3.05, 3.63) is 58.9 Å². The average Bonchev–Trinajstić information content (AvgIpc) is 2.92. The fourth-order valence-electron chi connectivity index (χ4n) is 2.37. The van der Waals surface area contributed by atoms with Crippen LogP contribution in [0.3, 0.4) is 0 Å². The number of nitrogens with zero attached hydrogens (tertiary/aromatic N) is 2. The Labute approximate surface area is 105 Å². The smallest absolute Gasteiger partial charge is 0.105 e. The maximum absolute atomic E-state index is 9.10. The molecule has 0 saturated heterocycles. The van der Waals surface area contributed by atoms with E-state index in [1.54, 1.807) is 0 Å². The third-order valence-electron chi connectivity index (χ3n) is 3.15. The molecule has 0 fully saturated rings. The Morgan fingerprint density at radius 3 is 2.82 bits per heavy atom. The lowest BCUT2D eigenvalue weighted by molar-refractivity contribution is 0.753. The zero-order chi connectivity index (χ0) is 11.8. The molecule has 0 spiro atoms. The highest BCUT2D eigenvalue weighted by Crippen LogP contribution is 2.43. The first-order valence-corrected chi connectivity index (χ1v) is 6.63. The number of fused-ring (bicyclic) bond motifs is 1. The Hall–Kier alpha value is -1.66. The second-order valence-electron chi connectivity index (χ2n) is 4.20. The van der Waals surface area contributed by atoms with Crippen LogP contribution in [0.15, 0.2) is 36.4 Å². The van der Waals surface area contributed by atoms with Crippen LogP contribution in [-0.2, 0) is 5.75 Å². The molecule has 1 aromatic carbocycles. The summed E-state index contributed by atoms with van der Waals surface area (Å²) in [4.78, 5) is 0. The van der Waals surface area contributed by atoms with E-state index < -0.39 is 0 Å². The number of hydrogen-bond acceptors (Lipinski definition) is 2. The van der Waals surface area contributed by atoms with Crippen LogP contribution in [0.2, 0.25) is 0 Å². The second-order valence-corrected chi connectivity index (χ2v) is 5.27. The first-order valence-electron chi connectivity index (χ1n) is 5.58. The molecular formula is C14H12N2S. The van der Waals surface area contributed by atoms with Gasteiger partial charge in [-0.2, -0.15) is 5.26 Å². The largest absolute Gasteiger partial charge is 0.330 e. The van der Waals surface area contributed by atoms with Crippen molar-refractivity contribution >= 4 is 11.8 Å². The fourth-order valence-corrected chi connectivity index (χ4v) is 3.77. The maximum atomic E-state index is 9.10. The van der Waals surface area contributed by atoms with Crippen LogP contribution >= 0.6 is 11.8 Å². The molecule has 0 unspecified atom stereocenters. The van der Waals surface area contributed by atoms with Crippen molar-refractivity contribution in [1.82, 2.24) is 4.57 Å². The molecule has 0 N–H and O–H groups in total. The van der Waals surface area contributed by atoms with Crippen molar-refractivity contribution in [2.24, 2.45) is 0 Å². The summed E-state index contributed by atoms with van der Waals surface area (Å²) in [5, 5.41) is 9.43. The Balaban J connectivity index is 2.11. The number of hydrogen-bond donors (Lipinski definition) is 0. The standard InChI is InChI=1S/C14H12N2S/c1-10-7-12(8-15)13-9-17-14(16(10)13)11-5-3-2-4-6-11/h2-7,14H,9H2,1H3/t14-/m1/s1. The van der Waals surface area contributed by atoms with E-state index in [4.69, 9.17) is 5.26 Å². The van der Waals surface area contributed by atoms with Crippen molar-refractivity contribution in [3.8, 4) is 6.07 Å². The van der Waals surface area contributed by atoms with E-state index >= 15 is 0 Å². The molecule has 0 amide bonds. The minimum Gasteiger partial charge on any atom is -0.330 e. The van der Waals surface area contributed by atoms with Gasteiger partial charge >= 0.3 is 0 Å². The third-order valence-corrected chi connectivity index (χ3v) is 4.39. The minimum absolute atomic E-state index is 0.327. The Bertz CT molecular complexity index is 593. The van der Waals surface area contributed by atoms with Crippen LogP contribution in [0.5, 0.6) is 0 Å². The number of thioether (sulfide) groups is 1. The molecule has 84 valence electrons. The summed E-state index contributed by atoms with van der Waals surface area (Å²) < 4.78 is 2.29. The normalized spacial score (nSPS) is 17.8. The summed E-state index contributed by atoms with van der Waals surface area (Å²) in [6.45, 7) is 2.08. The highest BCUT2D eigenvalue weighted by molar-refractivity contribution is 7.99. The monoisotopic (exact) mass is 240 g/mol. The maximum Gasteiger partial charge on any atom is 0.105 e. The quantitative estimate of drug-likeness (QED) is 0.763. The molecule has 2 heterocycles. The van der Waals surface area contributed by atoms with Crippen molar-refractivity contribution < 1.29 is 0 Å². The molecular weight excluding hydrogens is 228 g/mol. The predicted molar refractivity (Wildman–Crippen MR) is 69.8 cm³/mol. The molecule has 1 aliphatic rings. The number of nitriles is 1. The van der Waals surface area contributed by atoms with Gasteiger partial charge in [0.2, 0.25) is 0 Å². The minimum atomic E-state index is 0.327. The van der Waals surface area contributed by atoms with Crippen LogP contribution in [0.25, 0.3) is 0 Å². The summed E-state index contributed by atoms with van der Waals surface area (Å²) in [6.07, 6.45) is 0. The summed E-state index contributed by atoms with van der Waals surface area (Å²) >= 11 is 1.89. The number of aromatic nitrogens is 1. The van der Waals surface area contributed by atoms with Gasteiger partial charge < -0.3 is 4.57 Å². The Morgan fingerprint density at radius 1 is 1.35 bits per heavy atom. The zero-order valence-corrected chi connectivity index (χ0v) is 10.4. The van der Waals surface area contributed by atoms with Gasteiger partial charge in [-0.15, -0.1) is 11.8 Å². The van der Waals surface area contributed by atoms with E-state index in [-0.39, 0.29) is 0 Å². The van der Waals surface area contributed by atoms with E-state index in [9.17, 15) is 0 Å². The van der Waals surface area contributed by atoms with Gasteiger partial charge in [0.05, 0.1) is 5.56 Å². The van der Waals surface area contributed by atoms with E-state index in [1.807, 2.05) is 23.9 Å². The molecule has 0 bridgehead atoms. The van der Waals surface area contributed by atoms with Gasteiger partial charge in [0.15, 0.2) is 0 Å². The van der Waals surface area contributed by atoms with Crippen LogP contribution in [0, 0.1) is 18.3 Å². The topological polar surface area (TPSA) is 28.7 Å². The van der Waals surface area contributed by atoms with Crippen molar-refractivity contribution in [2.45, 2.75) is 18.1 Å². The average molecular weight is 240 g/mol. The number of aryl methyl sites for hydroxylation is 1. The molecule has 17 heavy (non-hydrogen) atoms. The summed E-state index contributed by atoms with van der Waals surface area (Å²) in [6, 6.07) is 14.7. The fraction of sp³-hybridized carbons (Fsp3) is 0.214. The molecule has 3 heteroatoms. The highest BCUT2D eigenvalue weighted by Gasteiger charge is 2.27. The summed E-state index contributed by atoms with van der Waals surface area (Å²) in [7, 11) is 0. The van der Waals surface area contributed by atoms with Gasteiger partial charge in [-0.25, -0.2) is 0 Å². The molecule has 1 aliphatic heterocycles. The van der Waals surface area contributed by atoms with Gasteiger partial charge in [-0.05, 0) is 18.6 Å². The lowest BCUT2D eigenvalue weighted by Gasteiger charge is -2.14. The van der Waals surface area contributed by atoms with Crippen molar-refractivity contribution in [2.75, 3.05) is 0 Å². The Kier molecular flexibility index (Phi) is 2.45. The first-order chi connectivity index (χ1) is 8.31. The van der Waals surface area contributed by atoms with E-state index in [1.165, 1.54) is 17.0 Å². The molecule has 1 atom stereocenters. The van der Waals surface area contributed by atoms with Gasteiger partial charge in [-0.1, -0.05) is 30.3 Å². The highest BCUT2D eigenvalue weighted by atomic mass is 32.2. The second kappa shape index (κ2) is 3.97. The third kappa shape index (κ3) is 1.57.